The third kappa shape index (κ3) is 6.17. The molecule has 0 aliphatic carbocycles. The Balaban J connectivity index is 2.28. The molecule has 3 heteroatoms. The fourth-order valence-corrected chi connectivity index (χ4v) is 2.88. The lowest BCUT2D eigenvalue weighted by Gasteiger charge is -2.31. The van der Waals surface area contributed by atoms with Crippen molar-refractivity contribution in [1.82, 2.24) is 15.1 Å². The van der Waals surface area contributed by atoms with Gasteiger partial charge in [0.05, 0.1) is 0 Å². The van der Waals surface area contributed by atoms with E-state index in [0.29, 0.717) is 0 Å². The summed E-state index contributed by atoms with van der Waals surface area (Å²) < 4.78 is 0. The summed E-state index contributed by atoms with van der Waals surface area (Å²) in [4.78, 5) is 5.21. The quantitative estimate of drug-likeness (QED) is 0.680. The van der Waals surface area contributed by atoms with Gasteiger partial charge >= 0.3 is 0 Å². The highest BCUT2D eigenvalue weighted by Crippen LogP contribution is 2.12. The third-order valence-electron chi connectivity index (χ3n) is 4.08. The number of hydrogen-bond donors (Lipinski definition) is 1. The molecule has 1 atom stereocenters. The summed E-state index contributed by atoms with van der Waals surface area (Å²) in [5.41, 5.74) is 0. The zero-order valence-corrected chi connectivity index (χ0v) is 12.7. The van der Waals surface area contributed by atoms with E-state index in [9.17, 15) is 0 Å². The summed E-state index contributed by atoms with van der Waals surface area (Å²) in [6.45, 7) is 16.7. The van der Waals surface area contributed by atoms with E-state index < -0.39 is 0 Å². The van der Waals surface area contributed by atoms with Crippen LogP contribution >= 0.6 is 0 Å². The van der Waals surface area contributed by atoms with Gasteiger partial charge in [0, 0.05) is 19.6 Å². The molecule has 1 fully saturated rings. The molecule has 108 valence electrons. The molecule has 0 aromatic rings. The molecule has 1 N–H and O–H groups in total. The minimum Gasteiger partial charge on any atom is -0.316 e. The number of nitrogens with one attached hydrogen (secondary N) is 1. The van der Waals surface area contributed by atoms with Crippen molar-refractivity contribution >= 4 is 0 Å². The van der Waals surface area contributed by atoms with E-state index in [1.807, 2.05) is 0 Å². The average molecular weight is 255 g/mol. The van der Waals surface area contributed by atoms with Gasteiger partial charge in [0.15, 0.2) is 0 Å². The fraction of sp³-hybridized carbons (Fsp3) is 1.00. The molecule has 1 unspecified atom stereocenters. The normalized spacial score (nSPS) is 20.8. The number of rotatable bonds is 9. The van der Waals surface area contributed by atoms with Gasteiger partial charge in [-0.15, -0.1) is 0 Å². The second kappa shape index (κ2) is 9.76. The number of nitrogens with zero attached hydrogens (tertiary/aromatic N) is 2. The summed E-state index contributed by atoms with van der Waals surface area (Å²) in [7, 11) is 0. The van der Waals surface area contributed by atoms with Gasteiger partial charge in [-0.2, -0.15) is 0 Å². The van der Waals surface area contributed by atoms with Crippen molar-refractivity contribution in [3.8, 4) is 0 Å². The van der Waals surface area contributed by atoms with Crippen molar-refractivity contribution in [2.75, 3.05) is 52.4 Å². The predicted molar refractivity (Wildman–Crippen MR) is 80.1 cm³/mol. The zero-order chi connectivity index (χ0) is 13.2. The van der Waals surface area contributed by atoms with E-state index in [1.54, 1.807) is 0 Å². The first-order valence-electron chi connectivity index (χ1n) is 7.95. The first-order valence-corrected chi connectivity index (χ1v) is 7.95. The average Bonchev–Trinajstić information content (AvgIpc) is 2.41. The summed E-state index contributed by atoms with van der Waals surface area (Å²) in [6.07, 6.45) is 4.05. The molecule has 1 aliphatic heterocycles. The third-order valence-corrected chi connectivity index (χ3v) is 4.08. The second-order valence-electron chi connectivity index (χ2n) is 5.54. The topological polar surface area (TPSA) is 18.5 Å². The van der Waals surface area contributed by atoms with E-state index >= 15 is 0 Å². The Morgan fingerprint density at radius 1 is 1.00 bits per heavy atom. The molecular weight excluding hydrogens is 222 g/mol. The molecule has 0 saturated carbocycles. The van der Waals surface area contributed by atoms with Crippen LogP contribution in [0.1, 0.15) is 40.0 Å². The standard InChI is InChI=1S/C15H33N3/c1-4-10-18(12-11-17(5-2)6-3)14-15-8-7-9-16-13-15/h15-16H,4-14H2,1-3H3. The van der Waals surface area contributed by atoms with Crippen LogP contribution in [-0.2, 0) is 0 Å². The Morgan fingerprint density at radius 2 is 1.72 bits per heavy atom. The van der Waals surface area contributed by atoms with Gasteiger partial charge in [0.25, 0.3) is 0 Å². The lowest BCUT2D eigenvalue weighted by Crippen LogP contribution is -2.41. The van der Waals surface area contributed by atoms with Gasteiger partial charge in [-0.1, -0.05) is 20.8 Å². The number of likely N-dealkylation sites (N-methyl/N-ethyl adjacent to an activating group) is 1. The highest BCUT2D eigenvalue weighted by atomic mass is 15.2. The van der Waals surface area contributed by atoms with E-state index in [1.165, 1.54) is 71.6 Å². The van der Waals surface area contributed by atoms with E-state index in [-0.39, 0.29) is 0 Å². The lowest BCUT2D eigenvalue weighted by molar-refractivity contribution is 0.178. The van der Waals surface area contributed by atoms with Gasteiger partial charge in [-0.3, -0.25) is 0 Å². The van der Waals surface area contributed by atoms with Crippen LogP contribution in [0, 0.1) is 5.92 Å². The highest BCUT2D eigenvalue weighted by Gasteiger charge is 2.16. The number of hydrogen-bond acceptors (Lipinski definition) is 3. The van der Waals surface area contributed by atoms with Crippen LogP contribution in [0.5, 0.6) is 0 Å². The maximum Gasteiger partial charge on any atom is 0.0109 e. The van der Waals surface area contributed by atoms with Crippen molar-refractivity contribution < 1.29 is 0 Å². The van der Waals surface area contributed by atoms with Crippen LogP contribution in [0.4, 0.5) is 0 Å². The van der Waals surface area contributed by atoms with Crippen molar-refractivity contribution in [3.05, 3.63) is 0 Å². The molecule has 0 radical (unpaired) electrons. The molecule has 1 aliphatic rings. The van der Waals surface area contributed by atoms with Crippen molar-refractivity contribution in [2.24, 2.45) is 5.92 Å². The molecule has 0 aromatic heterocycles. The SMILES string of the molecule is CCCN(CCN(CC)CC)CC1CCCNC1. The highest BCUT2D eigenvalue weighted by molar-refractivity contribution is 4.73. The Bertz CT molecular complexity index is 186. The molecule has 0 aromatic carbocycles. The van der Waals surface area contributed by atoms with Gasteiger partial charge in [-0.05, 0) is 57.9 Å². The summed E-state index contributed by atoms with van der Waals surface area (Å²) in [6, 6.07) is 0. The van der Waals surface area contributed by atoms with Gasteiger partial charge < -0.3 is 15.1 Å². The summed E-state index contributed by atoms with van der Waals surface area (Å²) in [5.74, 6) is 0.877. The lowest BCUT2D eigenvalue weighted by atomic mass is 9.99. The molecule has 1 saturated heterocycles. The van der Waals surface area contributed by atoms with Crippen LogP contribution in [0.15, 0.2) is 0 Å². The summed E-state index contributed by atoms with van der Waals surface area (Å²) in [5, 5.41) is 3.53. The van der Waals surface area contributed by atoms with Gasteiger partial charge in [-0.25, -0.2) is 0 Å². The molecule has 3 nitrogen and oxygen atoms in total. The largest absolute Gasteiger partial charge is 0.316 e. The van der Waals surface area contributed by atoms with Gasteiger partial charge in [0.2, 0.25) is 0 Å². The van der Waals surface area contributed by atoms with E-state index in [0.717, 1.165) is 5.92 Å². The summed E-state index contributed by atoms with van der Waals surface area (Å²) >= 11 is 0. The zero-order valence-electron chi connectivity index (χ0n) is 12.7. The number of piperidine rings is 1. The maximum absolute atomic E-state index is 3.53. The monoisotopic (exact) mass is 255 g/mol. The maximum atomic E-state index is 3.53. The predicted octanol–water partition coefficient (Wildman–Crippen LogP) is 2.04. The first-order chi connectivity index (χ1) is 8.80. The Hall–Kier alpha value is -0.120. The van der Waals surface area contributed by atoms with Crippen LogP contribution in [0.2, 0.25) is 0 Å². The molecule has 0 spiro atoms. The first kappa shape index (κ1) is 15.9. The molecule has 0 bridgehead atoms. The Labute approximate surface area is 114 Å². The van der Waals surface area contributed by atoms with E-state index in [2.05, 4.69) is 35.9 Å². The Morgan fingerprint density at radius 3 is 2.28 bits per heavy atom. The molecule has 1 rings (SSSR count). The van der Waals surface area contributed by atoms with Crippen LogP contribution in [0.25, 0.3) is 0 Å². The minimum absolute atomic E-state index is 0.877. The van der Waals surface area contributed by atoms with Gasteiger partial charge in [0.1, 0.15) is 0 Å². The van der Waals surface area contributed by atoms with Crippen LogP contribution < -0.4 is 5.32 Å². The van der Waals surface area contributed by atoms with Crippen molar-refractivity contribution in [2.45, 2.75) is 40.0 Å². The molecule has 0 amide bonds. The van der Waals surface area contributed by atoms with E-state index in [4.69, 9.17) is 0 Å². The van der Waals surface area contributed by atoms with Crippen molar-refractivity contribution in [1.29, 1.82) is 0 Å². The smallest absolute Gasteiger partial charge is 0.0109 e. The molecule has 1 heterocycles. The minimum atomic E-state index is 0.877. The Kier molecular flexibility index (Phi) is 8.64. The molecule has 18 heavy (non-hydrogen) atoms. The fourth-order valence-electron chi connectivity index (χ4n) is 2.88. The van der Waals surface area contributed by atoms with Crippen molar-refractivity contribution in [3.63, 3.8) is 0 Å². The van der Waals surface area contributed by atoms with Crippen LogP contribution in [0.3, 0.4) is 0 Å². The second-order valence-corrected chi connectivity index (χ2v) is 5.54. The van der Waals surface area contributed by atoms with Crippen LogP contribution in [-0.4, -0.2) is 62.2 Å². The molecular formula is C15H33N3.